The lowest BCUT2D eigenvalue weighted by atomic mass is 10.0. The first kappa shape index (κ1) is 27.6. The van der Waals surface area contributed by atoms with Gasteiger partial charge in [0.1, 0.15) is 12.4 Å². The number of ether oxygens (including phenoxy) is 1. The molecule has 202 valence electrons. The van der Waals surface area contributed by atoms with Crippen LogP contribution in [-0.4, -0.2) is 33.5 Å². The van der Waals surface area contributed by atoms with E-state index in [0.717, 1.165) is 40.2 Å². The SMILES string of the molecule is CNC(=O)c1cncc(Cn2nc(C)c(CC(=O)c3ccc(COc4ccc(C(F)(F)F)cc4)cc3)c2C)c1. The first-order valence-electron chi connectivity index (χ1n) is 12.2. The average Bonchev–Trinajstić information content (AvgIpc) is 3.18. The second kappa shape index (κ2) is 11.5. The zero-order valence-corrected chi connectivity index (χ0v) is 21.7. The summed E-state index contributed by atoms with van der Waals surface area (Å²) in [7, 11) is 1.56. The number of alkyl halides is 3. The number of nitrogens with zero attached hydrogens (tertiary/aromatic N) is 3. The Balaban J connectivity index is 1.38. The lowest BCUT2D eigenvalue weighted by Gasteiger charge is -2.10. The van der Waals surface area contributed by atoms with Crippen molar-refractivity contribution in [3.63, 3.8) is 0 Å². The van der Waals surface area contributed by atoms with Gasteiger partial charge in [0.25, 0.3) is 5.91 Å². The van der Waals surface area contributed by atoms with Gasteiger partial charge in [0.2, 0.25) is 0 Å². The summed E-state index contributed by atoms with van der Waals surface area (Å²) in [4.78, 5) is 29.1. The van der Waals surface area contributed by atoms with Gasteiger partial charge in [0.05, 0.1) is 23.4 Å². The molecule has 0 fully saturated rings. The Labute approximate surface area is 223 Å². The molecule has 2 aromatic carbocycles. The van der Waals surface area contributed by atoms with Gasteiger partial charge in [-0.25, -0.2) is 0 Å². The minimum absolute atomic E-state index is 0.0701. The van der Waals surface area contributed by atoms with Crippen LogP contribution in [-0.2, 0) is 25.7 Å². The molecule has 4 aromatic rings. The van der Waals surface area contributed by atoms with E-state index < -0.39 is 11.7 Å². The van der Waals surface area contributed by atoms with E-state index in [9.17, 15) is 22.8 Å². The molecule has 1 amide bonds. The third kappa shape index (κ3) is 6.70. The number of hydrogen-bond donors (Lipinski definition) is 1. The van der Waals surface area contributed by atoms with E-state index in [0.29, 0.717) is 23.4 Å². The smallest absolute Gasteiger partial charge is 0.416 e. The van der Waals surface area contributed by atoms with Crippen molar-refractivity contribution in [3.05, 3.63) is 112 Å². The average molecular weight is 537 g/mol. The summed E-state index contributed by atoms with van der Waals surface area (Å²) in [6, 6.07) is 13.2. The molecular weight excluding hydrogens is 509 g/mol. The quantitative estimate of drug-likeness (QED) is 0.293. The van der Waals surface area contributed by atoms with Crippen LogP contribution in [0.2, 0.25) is 0 Å². The molecule has 0 atom stereocenters. The zero-order chi connectivity index (χ0) is 28.2. The fourth-order valence-corrected chi connectivity index (χ4v) is 4.12. The summed E-state index contributed by atoms with van der Waals surface area (Å²) in [6.45, 7) is 4.32. The second-order valence-corrected chi connectivity index (χ2v) is 9.08. The minimum Gasteiger partial charge on any atom is -0.489 e. The summed E-state index contributed by atoms with van der Waals surface area (Å²) in [5, 5.41) is 7.17. The van der Waals surface area contributed by atoms with Gasteiger partial charge in [0, 0.05) is 42.7 Å². The summed E-state index contributed by atoms with van der Waals surface area (Å²) in [5.41, 5.74) is 4.28. The van der Waals surface area contributed by atoms with E-state index in [1.807, 2.05) is 13.8 Å². The highest BCUT2D eigenvalue weighted by atomic mass is 19.4. The van der Waals surface area contributed by atoms with Gasteiger partial charge in [-0.3, -0.25) is 19.3 Å². The van der Waals surface area contributed by atoms with Gasteiger partial charge in [-0.1, -0.05) is 24.3 Å². The van der Waals surface area contributed by atoms with Crippen LogP contribution < -0.4 is 10.1 Å². The summed E-state index contributed by atoms with van der Waals surface area (Å²) in [5.74, 6) is 0.0302. The van der Waals surface area contributed by atoms with E-state index >= 15 is 0 Å². The molecule has 10 heteroatoms. The van der Waals surface area contributed by atoms with E-state index in [4.69, 9.17) is 4.74 Å². The van der Waals surface area contributed by atoms with Crippen molar-refractivity contribution < 1.29 is 27.5 Å². The van der Waals surface area contributed by atoms with Crippen molar-refractivity contribution in [1.82, 2.24) is 20.1 Å². The zero-order valence-electron chi connectivity index (χ0n) is 21.7. The van der Waals surface area contributed by atoms with Gasteiger partial charge < -0.3 is 10.1 Å². The first-order valence-corrected chi connectivity index (χ1v) is 12.2. The molecule has 0 aliphatic rings. The Hall–Kier alpha value is -4.47. The maximum Gasteiger partial charge on any atom is 0.416 e. The Morgan fingerprint density at radius 2 is 1.64 bits per heavy atom. The van der Waals surface area contributed by atoms with Gasteiger partial charge in [-0.2, -0.15) is 18.3 Å². The van der Waals surface area contributed by atoms with Crippen LogP contribution in [0.5, 0.6) is 5.75 Å². The molecular formula is C29H27F3N4O3. The fourth-order valence-electron chi connectivity index (χ4n) is 4.12. The standard InChI is InChI=1S/C29H27F3N4O3/c1-18-26(19(2)36(35-18)16-21-12-23(15-34-14-21)28(38)33-3)13-27(37)22-6-4-20(5-7-22)17-39-25-10-8-24(9-11-25)29(30,31)32/h4-12,14-15H,13,16-17H2,1-3H3,(H,33,38). The van der Waals surface area contributed by atoms with E-state index in [1.165, 1.54) is 18.3 Å². The first-order chi connectivity index (χ1) is 18.5. The predicted octanol–water partition coefficient (Wildman–Crippen LogP) is 5.33. The Bertz CT molecular complexity index is 1480. The van der Waals surface area contributed by atoms with Crippen LogP contribution in [0.1, 0.15) is 54.4 Å². The number of benzene rings is 2. The lowest BCUT2D eigenvalue weighted by Crippen LogP contribution is -2.18. The van der Waals surface area contributed by atoms with Crippen LogP contribution in [0.25, 0.3) is 0 Å². The lowest BCUT2D eigenvalue weighted by molar-refractivity contribution is -0.137. The van der Waals surface area contributed by atoms with E-state index in [-0.39, 0.29) is 24.7 Å². The van der Waals surface area contributed by atoms with Crippen molar-refractivity contribution in [1.29, 1.82) is 0 Å². The molecule has 0 aliphatic heterocycles. The van der Waals surface area contributed by atoms with E-state index in [1.54, 1.807) is 48.3 Å². The number of rotatable bonds is 9. The molecule has 0 radical (unpaired) electrons. The number of aromatic nitrogens is 3. The third-order valence-corrected chi connectivity index (χ3v) is 6.35. The molecule has 0 saturated heterocycles. The number of nitrogens with one attached hydrogen (secondary N) is 1. The van der Waals surface area contributed by atoms with Crippen LogP contribution in [0.3, 0.4) is 0 Å². The number of amides is 1. The molecule has 7 nitrogen and oxygen atoms in total. The van der Waals surface area contributed by atoms with Crippen LogP contribution in [0, 0.1) is 13.8 Å². The molecule has 0 spiro atoms. The maximum atomic E-state index is 13.0. The van der Waals surface area contributed by atoms with Crippen LogP contribution in [0.4, 0.5) is 13.2 Å². The van der Waals surface area contributed by atoms with Crippen molar-refractivity contribution in [2.24, 2.45) is 0 Å². The molecule has 1 N–H and O–H groups in total. The van der Waals surface area contributed by atoms with Crippen molar-refractivity contribution >= 4 is 11.7 Å². The minimum atomic E-state index is -4.39. The van der Waals surface area contributed by atoms with Crippen LogP contribution >= 0.6 is 0 Å². The highest BCUT2D eigenvalue weighted by Crippen LogP contribution is 2.30. The monoisotopic (exact) mass is 536 g/mol. The molecule has 39 heavy (non-hydrogen) atoms. The number of carbonyl (C=O) groups is 2. The van der Waals surface area contributed by atoms with Gasteiger partial charge in [0.15, 0.2) is 5.78 Å². The maximum absolute atomic E-state index is 13.0. The van der Waals surface area contributed by atoms with Gasteiger partial charge in [-0.05, 0) is 55.3 Å². The number of aryl methyl sites for hydroxylation is 1. The second-order valence-electron chi connectivity index (χ2n) is 9.08. The summed E-state index contributed by atoms with van der Waals surface area (Å²) in [6.07, 6.45) is -1.04. The molecule has 0 bridgehead atoms. The molecule has 4 rings (SSSR count). The number of Topliss-reactive ketones (excluding diaryl/α,β-unsaturated/α-hetero) is 1. The highest BCUT2D eigenvalue weighted by Gasteiger charge is 2.30. The van der Waals surface area contributed by atoms with E-state index in [2.05, 4.69) is 15.4 Å². The van der Waals surface area contributed by atoms with Crippen molar-refractivity contribution in [2.45, 2.75) is 39.6 Å². The van der Waals surface area contributed by atoms with Crippen LogP contribution in [0.15, 0.2) is 67.0 Å². The van der Waals surface area contributed by atoms with Gasteiger partial charge >= 0.3 is 6.18 Å². The fraction of sp³-hybridized carbons (Fsp3) is 0.241. The largest absolute Gasteiger partial charge is 0.489 e. The highest BCUT2D eigenvalue weighted by molar-refractivity contribution is 5.97. The number of hydrogen-bond acceptors (Lipinski definition) is 5. The van der Waals surface area contributed by atoms with Gasteiger partial charge in [-0.15, -0.1) is 0 Å². The summed E-state index contributed by atoms with van der Waals surface area (Å²) >= 11 is 0. The number of pyridine rings is 1. The summed E-state index contributed by atoms with van der Waals surface area (Å²) < 4.78 is 45.5. The topological polar surface area (TPSA) is 86.1 Å². The molecule has 2 heterocycles. The molecule has 2 aromatic heterocycles. The number of ketones is 1. The molecule has 0 aliphatic carbocycles. The Morgan fingerprint density at radius 3 is 2.28 bits per heavy atom. The number of halogens is 3. The normalized spacial score (nSPS) is 11.3. The molecule has 0 unspecified atom stereocenters. The molecule has 0 saturated carbocycles. The van der Waals surface area contributed by atoms with Crippen molar-refractivity contribution in [3.8, 4) is 5.75 Å². The Morgan fingerprint density at radius 1 is 0.949 bits per heavy atom. The predicted molar refractivity (Wildman–Crippen MR) is 139 cm³/mol. The van der Waals surface area contributed by atoms with Crippen molar-refractivity contribution in [2.75, 3.05) is 7.05 Å². The number of carbonyl (C=O) groups excluding carboxylic acids is 2. The Kier molecular flexibility index (Phi) is 8.13. The third-order valence-electron chi connectivity index (χ3n) is 6.35.